The molecular weight excluding hydrogens is 508 g/mol. The summed E-state index contributed by atoms with van der Waals surface area (Å²) in [7, 11) is 0. The van der Waals surface area contributed by atoms with E-state index in [9.17, 15) is 14.4 Å². The lowest BCUT2D eigenvalue weighted by Gasteiger charge is -2.17. The van der Waals surface area contributed by atoms with Crippen LogP contribution in [0.5, 0.6) is 0 Å². The molecule has 6 nitrogen and oxygen atoms in total. The molecule has 3 N–H and O–H groups in total. The molecule has 0 fully saturated rings. The third kappa shape index (κ3) is 7.46. The van der Waals surface area contributed by atoms with Gasteiger partial charge >= 0.3 is 5.97 Å². The van der Waals surface area contributed by atoms with E-state index in [0.29, 0.717) is 16.4 Å². The van der Waals surface area contributed by atoms with E-state index in [1.807, 2.05) is 54.6 Å². The third-order valence-electron chi connectivity index (χ3n) is 5.41. The zero-order valence-corrected chi connectivity index (χ0v) is 21.1. The fourth-order valence-electron chi connectivity index (χ4n) is 3.55. The van der Waals surface area contributed by atoms with Gasteiger partial charge in [-0.25, -0.2) is 4.79 Å². The Kier molecular flexibility index (Phi) is 8.61. The maximum atomic E-state index is 13.2. The molecule has 0 saturated heterocycles. The molecule has 1 unspecified atom stereocenters. The SMILES string of the molecule is O=C(Cc1ccc(Cl)cc1)Nc1ccc(SC(C(=O)Nc2ccc(C(=O)O)cc2)c2ccccc2)cc1. The molecule has 0 aliphatic carbocycles. The van der Waals surface area contributed by atoms with E-state index in [-0.39, 0.29) is 23.8 Å². The van der Waals surface area contributed by atoms with E-state index < -0.39 is 11.2 Å². The first-order chi connectivity index (χ1) is 17.9. The van der Waals surface area contributed by atoms with Crippen LogP contribution < -0.4 is 10.6 Å². The number of anilines is 2. The van der Waals surface area contributed by atoms with Gasteiger partial charge in [0, 0.05) is 21.3 Å². The number of carbonyl (C=O) groups excluding carboxylic acids is 2. The van der Waals surface area contributed by atoms with Gasteiger partial charge in [-0.05, 0) is 71.8 Å². The molecule has 0 spiro atoms. The smallest absolute Gasteiger partial charge is 0.335 e. The monoisotopic (exact) mass is 530 g/mol. The second kappa shape index (κ2) is 12.3. The first-order valence-corrected chi connectivity index (χ1v) is 12.6. The van der Waals surface area contributed by atoms with Crippen LogP contribution in [-0.4, -0.2) is 22.9 Å². The molecule has 0 heterocycles. The van der Waals surface area contributed by atoms with Gasteiger partial charge in [0.25, 0.3) is 0 Å². The Hall–Kier alpha value is -4.07. The van der Waals surface area contributed by atoms with Crippen LogP contribution in [0, 0.1) is 0 Å². The van der Waals surface area contributed by atoms with E-state index in [1.54, 1.807) is 36.4 Å². The van der Waals surface area contributed by atoms with Gasteiger partial charge in [-0.3, -0.25) is 9.59 Å². The van der Waals surface area contributed by atoms with Crippen molar-refractivity contribution in [3.63, 3.8) is 0 Å². The zero-order chi connectivity index (χ0) is 26.2. The van der Waals surface area contributed by atoms with Crippen molar-refractivity contribution in [2.24, 2.45) is 0 Å². The Morgan fingerprint density at radius 2 is 1.35 bits per heavy atom. The molecule has 0 aromatic heterocycles. The van der Waals surface area contributed by atoms with Crippen molar-refractivity contribution >= 4 is 52.5 Å². The van der Waals surface area contributed by atoms with Gasteiger partial charge in [0.1, 0.15) is 5.25 Å². The molecule has 0 radical (unpaired) electrons. The number of carbonyl (C=O) groups is 3. The Morgan fingerprint density at radius 1 is 0.757 bits per heavy atom. The number of nitrogens with one attached hydrogen (secondary N) is 2. The van der Waals surface area contributed by atoms with E-state index in [0.717, 1.165) is 16.0 Å². The lowest BCUT2D eigenvalue weighted by Crippen LogP contribution is -2.19. The van der Waals surface area contributed by atoms with Gasteiger partial charge in [0.05, 0.1) is 12.0 Å². The summed E-state index contributed by atoms with van der Waals surface area (Å²) in [6.45, 7) is 0. The van der Waals surface area contributed by atoms with Crippen molar-refractivity contribution in [3.05, 3.63) is 125 Å². The highest BCUT2D eigenvalue weighted by Gasteiger charge is 2.22. The number of hydrogen-bond donors (Lipinski definition) is 3. The summed E-state index contributed by atoms with van der Waals surface area (Å²) in [5.74, 6) is -1.40. The molecule has 0 aliphatic rings. The molecule has 37 heavy (non-hydrogen) atoms. The van der Waals surface area contributed by atoms with Gasteiger partial charge in [-0.1, -0.05) is 54.1 Å². The number of amides is 2. The van der Waals surface area contributed by atoms with Gasteiger partial charge in [-0.2, -0.15) is 0 Å². The zero-order valence-electron chi connectivity index (χ0n) is 19.6. The summed E-state index contributed by atoms with van der Waals surface area (Å²) >= 11 is 7.27. The molecular formula is C29H23ClN2O4S. The van der Waals surface area contributed by atoms with Gasteiger partial charge < -0.3 is 15.7 Å². The lowest BCUT2D eigenvalue weighted by atomic mass is 10.1. The fourth-order valence-corrected chi connectivity index (χ4v) is 4.70. The summed E-state index contributed by atoms with van der Waals surface area (Å²) < 4.78 is 0. The van der Waals surface area contributed by atoms with Crippen LogP contribution in [0.2, 0.25) is 5.02 Å². The highest BCUT2D eigenvalue weighted by molar-refractivity contribution is 8.00. The molecule has 0 saturated carbocycles. The summed E-state index contributed by atoms with van der Waals surface area (Å²) in [5.41, 5.74) is 3.00. The molecule has 4 aromatic rings. The molecule has 1 atom stereocenters. The molecule has 2 amide bonds. The van der Waals surface area contributed by atoms with Gasteiger partial charge in [0.15, 0.2) is 0 Å². The van der Waals surface area contributed by atoms with Crippen molar-refractivity contribution < 1.29 is 19.5 Å². The normalized spacial score (nSPS) is 11.4. The minimum absolute atomic E-state index is 0.141. The number of carboxylic acid groups (broad SMARTS) is 1. The Bertz CT molecular complexity index is 1380. The van der Waals surface area contributed by atoms with Gasteiger partial charge in [-0.15, -0.1) is 11.8 Å². The number of thioether (sulfide) groups is 1. The molecule has 8 heteroatoms. The van der Waals surface area contributed by atoms with Crippen LogP contribution in [0.4, 0.5) is 11.4 Å². The highest BCUT2D eigenvalue weighted by atomic mass is 35.5. The minimum Gasteiger partial charge on any atom is -0.478 e. The standard InChI is InChI=1S/C29H23ClN2O4S/c30-22-10-6-19(7-11-22)18-26(33)31-23-14-16-25(17-15-23)37-27(20-4-2-1-3-5-20)28(34)32-24-12-8-21(9-13-24)29(35)36/h1-17,27H,18H2,(H,31,33)(H,32,34)(H,35,36). The van der Waals surface area contributed by atoms with Gasteiger partial charge in [0.2, 0.25) is 11.8 Å². The first kappa shape index (κ1) is 26.0. The van der Waals surface area contributed by atoms with Crippen LogP contribution in [0.15, 0.2) is 108 Å². The number of benzene rings is 4. The van der Waals surface area contributed by atoms with E-state index in [4.69, 9.17) is 16.7 Å². The number of carboxylic acids is 1. The molecule has 4 aromatic carbocycles. The first-order valence-electron chi connectivity index (χ1n) is 11.4. The summed E-state index contributed by atoms with van der Waals surface area (Å²) in [6.07, 6.45) is 0.233. The Balaban J connectivity index is 1.43. The van der Waals surface area contributed by atoms with Crippen LogP contribution in [0.1, 0.15) is 26.7 Å². The Labute approximate surface area is 223 Å². The maximum absolute atomic E-state index is 13.2. The minimum atomic E-state index is -1.03. The van der Waals surface area contributed by atoms with Crippen LogP contribution in [0.3, 0.4) is 0 Å². The predicted molar refractivity (Wildman–Crippen MR) is 147 cm³/mol. The summed E-state index contributed by atoms with van der Waals surface area (Å²) in [4.78, 5) is 37.6. The molecule has 0 bridgehead atoms. The third-order valence-corrected chi connectivity index (χ3v) is 6.93. The lowest BCUT2D eigenvalue weighted by molar-refractivity contribution is -0.116. The molecule has 186 valence electrons. The maximum Gasteiger partial charge on any atom is 0.335 e. The second-order valence-electron chi connectivity index (χ2n) is 8.16. The number of rotatable bonds is 9. The fraction of sp³-hybridized carbons (Fsp3) is 0.0690. The highest BCUT2D eigenvalue weighted by Crippen LogP contribution is 2.36. The van der Waals surface area contributed by atoms with E-state index >= 15 is 0 Å². The van der Waals surface area contributed by atoms with Crippen molar-refractivity contribution in [3.8, 4) is 0 Å². The van der Waals surface area contributed by atoms with Crippen molar-refractivity contribution in [2.45, 2.75) is 16.6 Å². The van der Waals surface area contributed by atoms with Crippen molar-refractivity contribution in [1.82, 2.24) is 0 Å². The largest absolute Gasteiger partial charge is 0.478 e. The van der Waals surface area contributed by atoms with E-state index in [2.05, 4.69) is 10.6 Å². The quantitative estimate of drug-likeness (QED) is 0.209. The average molecular weight is 531 g/mol. The predicted octanol–water partition coefficient (Wildman–Crippen LogP) is 6.69. The molecule has 0 aliphatic heterocycles. The van der Waals surface area contributed by atoms with Crippen LogP contribution in [0.25, 0.3) is 0 Å². The average Bonchev–Trinajstić information content (AvgIpc) is 2.90. The second-order valence-corrected chi connectivity index (χ2v) is 9.77. The topological polar surface area (TPSA) is 95.5 Å². The summed E-state index contributed by atoms with van der Waals surface area (Å²) in [6, 6.07) is 29.9. The van der Waals surface area contributed by atoms with Crippen LogP contribution in [-0.2, 0) is 16.0 Å². The van der Waals surface area contributed by atoms with E-state index in [1.165, 1.54) is 23.9 Å². The van der Waals surface area contributed by atoms with Crippen molar-refractivity contribution in [1.29, 1.82) is 0 Å². The summed E-state index contributed by atoms with van der Waals surface area (Å²) in [5, 5.41) is 14.9. The van der Waals surface area contributed by atoms with Crippen LogP contribution >= 0.6 is 23.4 Å². The number of halogens is 1. The molecule has 4 rings (SSSR count). The number of hydrogen-bond acceptors (Lipinski definition) is 4. The Morgan fingerprint density at radius 3 is 1.97 bits per heavy atom. The van der Waals surface area contributed by atoms with Crippen molar-refractivity contribution in [2.75, 3.05) is 10.6 Å². The number of aromatic carboxylic acids is 1.